The Kier molecular flexibility index (Phi) is 6.48. The Morgan fingerprint density at radius 2 is 1.74 bits per heavy atom. The summed E-state index contributed by atoms with van der Waals surface area (Å²) in [5.74, 6) is 1.25. The zero-order chi connectivity index (χ0) is 23.7. The highest BCUT2D eigenvalue weighted by molar-refractivity contribution is 7.89. The molecule has 1 aromatic heterocycles. The van der Waals surface area contributed by atoms with Crippen LogP contribution in [0.25, 0.3) is 11.0 Å². The van der Waals surface area contributed by atoms with Crippen molar-refractivity contribution in [3.05, 3.63) is 48.3 Å². The molecule has 3 heterocycles. The Bertz CT molecular complexity index is 1260. The van der Waals surface area contributed by atoms with Gasteiger partial charge in [-0.25, -0.2) is 13.4 Å². The lowest BCUT2D eigenvalue weighted by atomic mass is 10.2. The number of morpholine rings is 1. The summed E-state index contributed by atoms with van der Waals surface area (Å²) in [6.45, 7) is 8.51. The molecule has 2 aliphatic rings. The van der Waals surface area contributed by atoms with Crippen LogP contribution in [-0.4, -0.2) is 84.8 Å². The summed E-state index contributed by atoms with van der Waals surface area (Å²) in [6.07, 6.45) is 0. The molecular formula is C24H31N5O4S. The molecule has 3 aromatic rings. The van der Waals surface area contributed by atoms with Crippen molar-refractivity contribution in [3.63, 3.8) is 0 Å². The van der Waals surface area contributed by atoms with E-state index in [0.29, 0.717) is 44.1 Å². The maximum Gasteiger partial charge on any atom is 0.243 e. The van der Waals surface area contributed by atoms with Crippen LogP contribution in [0.4, 0.5) is 5.69 Å². The highest BCUT2D eigenvalue weighted by Crippen LogP contribution is 2.28. The van der Waals surface area contributed by atoms with Crippen LogP contribution in [0.5, 0.6) is 5.75 Å². The number of hydrogen-bond donors (Lipinski definition) is 1. The zero-order valence-corrected chi connectivity index (χ0v) is 20.2. The lowest BCUT2D eigenvalue weighted by molar-refractivity contribution is 0.0730. The summed E-state index contributed by atoms with van der Waals surface area (Å²) < 4.78 is 35.1. The van der Waals surface area contributed by atoms with Crippen molar-refractivity contribution in [1.82, 2.24) is 18.8 Å². The second-order valence-electron chi connectivity index (χ2n) is 8.69. The Balaban J connectivity index is 1.33. The van der Waals surface area contributed by atoms with E-state index in [2.05, 4.69) is 21.3 Å². The molecule has 1 N–H and O–H groups in total. The molecule has 9 nitrogen and oxygen atoms in total. The fraction of sp³-hybridized carbons (Fsp3) is 0.458. The van der Waals surface area contributed by atoms with Crippen molar-refractivity contribution < 1.29 is 18.3 Å². The topological polar surface area (TPSA) is 91.1 Å². The van der Waals surface area contributed by atoms with Gasteiger partial charge in [0, 0.05) is 45.8 Å². The molecule has 0 unspecified atom stereocenters. The number of rotatable bonds is 6. The Morgan fingerprint density at radius 3 is 2.44 bits per heavy atom. The van der Waals surface area contributed by atoms with Gasteiger partial charge in [0.15, 0.2) is 0 Å². The number of para-hydroxylation sites is 2. The molecule has 182 valence electrons. The molecule has 2 fully saturated rings. The molecule has 5 rings (SSSR count). The fourth-order valence-corrected chi connectivity index (χ4v) is 6.24. The Labute approximate surface area is 200 Å². The maximum atomic E-state index is 13.1. The van der Waals surface area contributed by atoms with Gasteiger partial charge in [0.2, 0.25) is 10.0 Å². The molecule has 0 radical (unpaired) electrons. The molecular weight excluding hydrogens is 454 g/mol. The summed E-state index contributed by atoms with van der Waals surface area (Å²) >= 11 is 0. The highest BCUT2D eigenvalue weighted by atomic mass is 32.2. The Morgan fingerprint density at radius 1 is 1.00 bits per heavy atom. The minimum atomic E-state index is -3.56. The van der Waals surface area contributed by atoms with E-state index >= 15 is 0 Å². The van der Waals surface area contributed by atoms with Gasteiger partial charge in [-0.2, -0.15) is 4.31 Å². The molecule has 0 saturated carbocycles. The third kappa shape index (κ3) is 4.38. The first-order chi connectivity index (χ1) is 16.5. The van der Waals surface area contributed by atoms with Gasteiger partial charge in [-0.1, -0.05) is 12.1 Å². The fourth-order valence-electron chi connectivity index (χ4n) is 4.81. The molecule has 2 aromatic carbocycles. The van der Waals surface area contributed by atoms with Crippen LogP contribution in [0.3, 0.4) is 0 Å². The first-order valence-corrected chi connectivity index (χ1v) is 13.2. The first-order valence-electron chi connectivity index (χ1n) is 11.8. The zero-order valence-electron chi connectivity index (χ0n) is 19.4. The van der Waals surface area contributed by atoms with Gasteiger partial charge in [0.1, 0.15) is 11.6 Å². The maximum absolute atomic E-state index is 13.1. The number of aromatic hydroxyl groups is 1. The normalized spacial score (nSPS) is 18.6. The van der Waals surface area contributed by atoms with Crippen LogP contribution < -0.4 is 4.90 Å². The summed E-state index contributed by atoms with van der Waals surface area (Å²) in [5.41, 5.74) is 2.53. The molecule has 2 aliphatic heterocycles. The van der Waals surface area contributed by atoms with Gasteiger partial charge in [0.25, 0.3) is 0 Å². The molecule has 0 aliphatic carbocycles. The van der Waals surface area contributed by atoms with E-state index in [9.17, 15) is 13.5 Å². The number of imidazole rings is 1. The number of phenols is 1. The van der Waals surface area contributed by atoms with Crippen LogP contribution >= 0.6 is 0 Å². The van der Waals surface area contributed by atoms with Gasteiger partial charge in [-0.3, -0.25) is 4.90 Å². The summed E-state index contributed by atoms with van der Waals surface area (Å²) in [4.78, 5) is 9.69. The number of fused-ring (bicyclic) bond motifs is 1. The number of hydrogen-bond acceptors (Lipinski definition) is 7. The largest absolute Gasteiger partial charge is 0.506 e. The monoisotopic (exact) mass is 485 g/mol. The van der Waals surface area contributed by atoms with Crippen LogP contribution in [0, 0.1) is 0 Å². The van der Waals surface area contributed by atoms with Gasteiger partial charge in [0.05, 0.1) is 41.4 Å². The van der Waals surface area contributed by atoms with Gasteiger partial charge in [-0.15, -0.1) is 0 Å². The number of benzene rings is 2. The lowest BCUT2D eigenvalue weighted by Gasteiger charge is -2.36. The van der Waals surface area contributed by atoms with E-state index in [1.807, 2.05) is 24.3 Å². The third-order valence-electron chi connectivity index (χ3n) is 6.68. The van der Waals surface area contributed by atoms with Gasteiger partial charge < -0.3 is 19.3 Å². The number of sulfonamides is 1. The van der Waals surface area contributed by atoms with E-state index < -0.39 is 10.0 Å². The van der Waals surface area contributed by atoms with Crippen LogP contribution in [-0.2, 0) is 27.8 Å². The van der Waals surface area contributed by atoms with E-state index in [1.54, 1.807) is 18.2 Å². The number of nitrogens with zero attached hydrogens (tertiary/aromatic N) is 5. The second-order valence-corrected chi connectivity index (χ2v) is 10.6. The SMILES string of the molecule is CCn1c(CN2CCN(c3ccccc3O)CC2)nc2cc(S(=O)(=O)N3CCOCC3)ccc21. The molecule has 0 amide bonds. The van der Waals surface area contributed by atoms with Gasteiger partial charge in [-0.05, 0) is 37.3 Å². The minimum Gasteiger partial charge on any atom is -0.506 e. The van der Waals surface area contributed by atoms with E-state index in [-0.39, 0.29) is 4.90 Å². The summed E-state index contributed by atoms with van der Waals surface area (Å²) in [6, 6.07) is 12.7. The smallest absolute Gasteiger partial charge is 0.243 e. The van der Waals surface area contributed by atoms with Crippen molar-refractivity contribution in [2.24, 2.45) is 0 Å². The standard InChI is InChI=1S/C24H31N5O4S/c1-2-29-21-8-7-19(34(31,32)28-13-15-33-16-14-28)17-20(21)25-24(29)18-26-9-11-27(12-10-26)22-5-3-4-6-23(22)30/h3-8,17,30H,2,9-16,18H2,1H3. The number of aromatic nitrogens is 2. The highest BCUT2D eigenvalue weighted by Gasteiger charge is 2.27. The van der Waals surface area contributed by atoms with Crippen molar-refractivity contribution in [3.8, 4) is 5.75 Å². The van der Waals surface area contributed by atoms with Crippen LogP contribution in [0.15, 0.2) is 47.4 Å². The number of piperazine rings is 1. The van der Waals surface area contributed by atoms with Crippen molar-refractivity contribution in [1.29, 1.82) is 0 Å². The number of ether oxygens (including phenoxy) is 1. The first kappa shape index (κ1) is 23.1. The Hall–Kier alpha value is -2.66. The van der Waals surface area contributed by atoms with E-state index in [0.717, 1.165) is 49.8 Å². The molecule has 0 atom stereocenters. The summed E-state index contributed by atoms with van der Waals surface area (Å²) in [7, 11) is -3.56. The molecule has 0 spiro atoms. The van der Waals surface area contributed by atoms with E-state index in [1.165, 1.54) is 4.31 Å². The molecule has 0 bridgehead atoms. The van der Waals surface area contributed by atoms with Crippen LogP contribution in [0.2, 0.25) is 0 Å². The number of anilines is 1. The van der Waals surface area contributed by atoms with Crippen molar-refractivity contribution in [2.45, 2.75) is 24.9 Å². The number of phenolic OH excluding ortho intramolecular Hbond substituents is 1. The predicted molar refractivity (Wildman–Crippen MR) is 131 cm³/mol. The van der Waals surface area contributed by atoms with E-state index in [4.69, 9.17) is 9.72 Å². The van der Waals surface area contributed by atoms with Crippen molar-refractivity contribution >= 4 is 26.7 Å². The minimum absolute atomic E-state index is 0.283. The van der Waals surface area contributed by atoms with Gasteiger partial charge >= 0.3 is 0 Å². The number of aryl methyl sites for hydroxylation is 1. The predicted octanol–water partition coefficient (Wildman–Crippen LogP) is 2.10. The average molecular weight is 486 g/mol. The quantitative estimate of drug-likeness (QED) is 0.572. The lowest BCUT2D eigenvalue weighted by Crippen LogP contribution is -2.46. The molecule has 34 heavy (non-hydrogen) atoms. The molecule has 10 heteroatoms. The van der Waals surface area contributed by atoms with Crippen molar-refractivity contribution in [2.75, 3.05) is 57.4 Å². The third-order valence-corrected chi connectivity index (χ3v) is 8.58. The second kappa shape index (κ2) is 9.53. The average Bonchev–Trinajstić information content (AvgIpc) is 3.21. The molecule has 2 saturated heterocycles. The van der Waals surface area contributed by atoms with Crippen LogP contribution in [0.1, 0.15) is 12.7 Å². The summed E-state index contributed by atoms with van der Waals surface area (Å²) in [5, 5.41) is 10.2.